The molecule has 0 radical (unpaired) electrons. The number of H-pyrrole nitrogens is 1. The zero-order valence-corrected chi connectivity index (χ0v) is 18.4. The quantitative estimate of drug-likeness (QED) is 0.538. The first-order valence-corrected chi connectivity index (χ1v) is 11.1. The van der Waals surface area contributed by atoms with Gasteiger partial charge in [-0.2, -0.15) is 0 Å². The number of pyridine rings is 1. The minimum absolute atomic E-state index is 0.00386. The zero-order valence-electron chi connectivity index (χ0n) is 17.6. The lowest BCUT2D eigenvalue weighted by Gasteiger charge is -2.39. The number of aromatic amines is 1. The molecule has 2 unspecified atom stereocenters. The number of ether oxygens (including phenoxy) is 1. The number of fused-ring (bicyclic) bond motifs is 1. The maximum Gasteiger partial charge on any atom is 0.230 e. The van der Waals surface area contributed by atoms with E-state index in [2.05, 4.69) is 30.6 Å². The van der Waals surface area contributed by atoms with Crippen molar-refractivity contribution in [3.63, 3.8) is 0 Å². The molecular weight excluding hydrogens is 435 g/mol. The van der Waals surface area contributed by atoms with Crippen molar-refractivity contribution in [2.24, 2.45) is 5.41 Å². The number of hydrogen-bond donors (Lipinski definition) is 3. The monoisotopic (exact) mass is 458 g/mol. The van der Waals surface area contributed by atoms with E-state index in [1.54, 1.807) is 18.5 Å². The van der Waals surface area contributed by atoms with Crippen LogP contribution in [0.15, 0.2) is 24.7 Å². The van der Waals surface area contributed by atoms with Crippen LogP contribution in [0, 0.1) is 11.2 Å². The molecule has 1 amide bonds. The van der Waals surface area contributed by atoms with E-state index in [1.807, 2.05) is 6.92 Å². The van der Waals surface area contributed by atoms with Gasteiger partial charge < -0.3 is 20.4 Å². The molecule has 10 heteroatoms. The molecule has 3 aromatic rings. The zero-order chi connectivity index (χ0) is 22.3. The Bertz CT molecular complexity index is 1160. The van der Waals surface area contributed by atoms with Crippen molar-refractivity contribution in [1.29, 1.82) is 0 Å². The Kier molecular flexibility index (Phi) is 5.46. The van der Waals surface area contributed by atoms with Crippen LogP contribution in [0.2, 0.25) is 5.02 Å². The first-order chi connectivity index (χ1) is 15.4. The molecule has 1 saturated carbocycles. The first kappa shape index (κ1) is 21.1. The molecule has 3 aromatic heterocycles. The summed E-state index contributed by atoms with van der Waals surface area (Å²) < 4.78 is 19.7. The summed E-state index contributed by atoms with van der Waals surface area (Å²) in [5, 5.41) is 7.63. The lowest BCUT2D eigenvalue weighted by atomic mass is 9.85. The first-order valence-electron chi connectivity index (χ1n) is 10.7. The molecule has 8 nitrogen and oxygen atoms in total. The second-order valence-electron chi connectivity index (χ2n) is 8.87. The maximum atomic E-state index is 14.5. The van der Waals surface area contributed by atoms with Crippen LogP contribution >= 0.6 is 11.6 Å². The second-order valence-corrected chi connectivity index (χ2v) is 9.31. The number of amides is 1. The third-order valence-electron chi connectivity index (χ3n) is 6.22. The lowest BCUT2D eigenvalue weighted by Crippen LogP contribution is -2.55. The SMILES string of the molecule is CC1(C(=O)NC2CCCC(Nc3nc(-c4c[nH]c5ncc(Cl)cc45)ncc3F)C2)COC1. The highest BCUT2D eigenvalue weighted by Crippen LogP contribution is 2.30. The van der Waals surface area contributed by atoms with E-state index in [1.165, 1.54) is 6.20 Å². The molecule has 3 N–H and O–H groups in total. The number of carbonyl (C=O) groups is 1. The molecule has 1 aliphatic heterocycles. The van der Waals surface area contributed by atoms with E-state index in [0.717, 1.165) is 24.6 Å². The van der Waals surface area contributed by atoms with Gasteiger partial charge in [-0.3, -0.25) is 4.79 Å². The minimum atomic E-state index is -0.518. The standard InChI is InChI=1S/C22H24ClFN6O2/c1-22(10-32-11-22)21(31)29-14-4-2-3-13(6-14)28-20-17(24)9-27-19(30-20)16-8-26-18-15(16)5-12(23)7-25-18/h5,7-9,13-14H,2-4,6,10-11H2,1H3,(H,25,26)(H,29,31)(H,27,28,30). The van der Waals surface area contributed by atoms with E-state index in [4.69, 9.17) is 16.3 Å². The van der Waals surface area contributed by atoms with Crippen LogP contribution in [0.5, 0.6) is 0 Å². The van der Waals surface area contributed by atoms with Crippen LogP contribution < -0.4 is 10.6 Å². The van der Waals surface area contributed by atoms with Gasteiger partial charge in [0.2, 0.25) is 5.91 Å². The molecule has 0 spiro atoms. The predicted molar refractivity (Wildman–Crippen MR) is 119 cm³/mol. The van der Waals surface area contributed by atoms with E-state index < -0.39 is 11.2 Å². The van der Waals surface area contributed by atoms with Gasteiger partial charge in [0.25, 0.3) is 0 Å². The molecule has 2 aliphatic rings. The second kappa shape index (κ2) is 8.29. The van der Waals surface area contributed by atoms with E-state index in [9.17, 15) is 9.18 Å². The Hall–Kier alpha value is -2.78. The summed E-state index contributed by atoms with van der Waals surface area (Å²) in [4.78, 5) is 28.4. The average molecular weight is 459 g/mol. The summed E-state index contributed by atoms with van der Waals surface area (Å²) in [5.41, 5.74) is 0.913. The maximum absolute atomic E-state index is 14.5. The number of rotatable bonds is 5. The third-order valence-corrected chi connectivity index (χ3v) is 6.43. The van der Waals surface area contributed by atoms with Crippen LogP contribution in [0.25, 0.3) is 22.4 Å². The molecule has 2 fully saturated rings. The van der Waals surface area contributed by atoms with Gasteiger partial charge in [0.1, 0.15) is 5.65 Å². The Morgan fingerprint density at radius 1 is 1.28 bits per heavy atom. The van der Waals surface area contributed by atoms with Gasteiger partial charge in [-0.15, -0.1) is 0 Å². The highest BCUT2D eigenvalue weighted by Gasteiger charge is 2.42. The number of halogens is 2. The number of hydrogen-bond acceptors (Lipinski definition) is 6. The number of nitrogens with zero attached hydrogens (tertiary/aromatic N) is 3. The Balaban J connectivity index is 1.31. The fraction of sp³-hybridized carbons (Fsp3) is 0.455. The van der Waals surface area contributed by atoms with Crippen LogP contribution in [0.1, 0.15) is 32.6 Å². The molecule has 1 aliphatic carbocycles. The highest BCUT2D eigenvalue weighted by molar-refractivity contribution is 6.31. The predicted octanol–water partition coefficient (Wildman–Crippen LogP) is 3.69. The molecule has 5 rings (SSSR count). The summed E-state index contributed by atoms with van der Waals surface area (Å²) in [5.74, 6) is 0.0324. The normalized spacial score (nSPS) is 22.3. The number of aromatic nitrogens is 4. The van der Waals surface area contributed by atoms with Crippen LogP contribution in [0.4, 0.5) is 10.2 Å². The van der Waals surface area contributed by atoms with E-state index in [0.29, 0.717) is 41.7 Å². The fourth-order valence-corrected chi connectivity index (χ4v) is 4.46. The molecule has 0 aromatic carbocycles. The highest BCUT2D eigenvalue weighted by atomic mass is 35.5. The lowest BCUT2D eigenvalue weighted by molar-refractivity contribution is -0.158. The van der Waals surface area contributed by atoms with Gasteiger partial charge in [0.15, 0.2) is 17.5 Å². The number of anilines is 1. The van der Waals surface area contributed by atoms with Crippen LogP contribution in [0.3, 0.4) is 0 Å². The molecular formula is C22H24ClFN6O2. The van der Waals surface area contributed by atoms with Crippen molar-refractivity contribution in [1.82, 2.24) is 25.3 Å². The van der Waals surface area contributed by atoms with Crippen molar-refractivity contribution in [2.45, 2.75) is 44.7 Å². The molecule has 0 bridgehead atoms. The van der Waals surface area contributed by atoms with Crippen LogP contribution in [-0.2, 0) is 9.53 Å². The Morgan fingerprint density at radius 3 is 2.88 bits per heavy atom. The molecule has 168 valence electrons. The van der Waals surface area contributed by atoms with Gasteiger partial charge in [-0.1, -0.05) is 11.6 Å². The molecule has 1 saturated heterocycles. The summed E-state index contributed by atoms with van der Waals surface area (Å²) in [6.45, 7) is 2.82. The fourth-order valence-electron chi connectivity index (χ4n) is 4.31. The van der Waals surface area contributed by atoms with Crippen molar-refractivity contribution < 1.29 is 13.9 Å². The van der Waals surface area contributed by atoms with E-state index in [-0.39, 0.29) is 23.8 Å². The molecule has 4 heterocycles. The Morgan fingerprint density at radius 2 is 2.09 bits per heavy atom. The van der Waals surface area contributed by atoms with Crippen molar-refractivity contribution in [3.05, 3.63) is 35.5 Å². The number of nitrogens with one attached hydrogen (secondary N) is 3. The van der Waals surface area contributed by atoms with Gasteiger partial charge in [0, 0.05) is 35.4 Å². The molecule has 32 heavy (non-hydrogen) atoms. The van der Waals surface area contributed by atoms with Gasteiger partial charge in [-0.05, 0) is 38.7 Å². The van der Waals surface area contributed by atoms with E-state index >= 15 is 0 Å². The summed E-state index contributed by atoms with van der Waals surface area (Å²) in [7, 11) is 0. The van der Waals surface area contributed by atoms with Crippen molar-refractivity contribution >= 4 is 34.4 Å². The van der Waals surface area contributed by atoms with Gasteiger partial charge in [-0.25, -0.2) is 19.3 Å². The van der Waals surface area contributed by atoms with Gasteiger partial charge >= 0.3 is 0 Å². The minimum Gasteiger partial charge on any atom is -0.379 e. The average Bonchev–Trinajstić information content (AvgIpc) is 3.17. The number of carbonyl (C=O) groups excluding carboxylic acids is 1. The summed E-state index contributed by atoms with van der Waals surface area (Å²) in [6, 6.07) is 1.81. The summed E-state index contributed by atoms with van der Waals surface area (Å²) >= 11 is 6.08. The largest absolute Gasteiger partial charge is 0.379 e. The topological polar surface area (TPSA) is 105 Å². The van der Waals surface area contributed by atoms with Crippen molar-refractivity contribution in [3.8, 4) is 11.4 Å². The van der Waals surface area contributed by atoms with Gasteiger partial charge in [0.05, 0.1) is 29.8 Å². The smallest absolute Gasteiger partial charge is 0.230 e. The van der Waals surface area contributed by atoms with Crippen LogP contribution in [-0.4, -0.2) is 51.1 Å². The molecule has 2 atom stereocenters. The van der Waals surface area contributed by atoms with Crippen molar-refractivity contribution in [2.75, 3.05) is 18.5 Å². The summed E-state index contributed by atoms with van der Waals surface area (Å²) in [6.07, 6.45) is 7.87. The third kappa shape index (κ3) is 4.02. The Labute approximate surface area is 189 Å².